The van der Waals surface area contributed by atoms with Gasteiger partial charge in [-0.2, -0.15) is 18.3 Å². The number of benzene rings is 1. The van der Waals surface area contributed by atoms with Crippen molar-refractivity contribution in [2.24, 2.45) is 10.8 Å². The van der Waals surface area contributed by atoms with Crippen molar-refractivity contribution in [1.82, 2.24) is 10.3 Å². The number of hydrogen-bond donors (Lipinski definition) is 2. The van der Waals surface area contributed by atoms with Crippen molar-refractivity contribution in [2.75, 3.05) is 6.54 Å². The van der Waals surface area contributed by atoms with E-state index in [0.29, 0.717) is 0 Å². The first-order valence-corrected chi connectivity index (χ1v) is 6.85. The highest BCUT2D eigenvalue weighted by molar-refractivity contribution is 5.86. The monoisotopic (exact) mass is 332 g/mol. The van der Waals surface area contributed by atoms with E-state index in [-0.39, 0.29) is 35.9 Å². The molecule has 3 N–H and O–H groups in total. The Morgan fingerprint density at radius 1 is 1.30 bits per heavy atom. The Bertz CT molecular complexity index is 695. The van der Waals surface area contributed by atoms with Crippen LogP contribution in [0.1, 0.15) is 24.3 Å². The molecule has 2 aliphatic rings. The summed E-state index contributed by atoms with van der Waals surface area (Å²) in [6.45, 7) is 0.0400. The molecule has 9 heteroatoms. The summed E-state index contributed by atoms with van der Waals surface area (Å²) in [6, 6.07) is 3.75. The van der Waals surface area contributed by atoms with Crippen LogP contribution in [0.5, 0.6) is 0 Å². The number of nitrogens with two attached hydrogens (primary N) is 1. The molecular weight excluding hydrogens is 319 g/mol. The van der Waals surface area contributed by atoms with Gasteiger partial charge in [-0.1, -0.05) is 12.1 Å². The summed E-state index contributed by atoms with van der Waals surface area (Å²) in [5, 5.41) is 3.65. The lowest BCUT2D eigenvalue weighted by Gasteiger charge is -2.33. The predicted molar refractivity (Wildman–Crippen MR) is 72.9 cm³/mol. The van der Waals surface area contributed by atoms with Gasteiger partial charge in [0.05, 0.1) is 5.70 Å². The van der Waals surface area contributed by atoms with Gasteiger partial charge < -0.3 is 10.6 Å². The highest BCUT2D eigenvalue weighted by Crippen LogP contribution is 2.35. The van der Waals surface area contributed by atoms with Gasteiger partial charge in [0.1, 0.15) is 18.1 Å². The summed E-state index contributed by atoms with van der Waals surface area (Å²) in [6.07, 6.45) is -5.45. The number of allylic oxidation sites excluding steroid dienone is 1. The molecule has 1 atom stereocenters. The van der Waals surface area contributed by atoms with E-state index >= 15 is 0 Å². The van der Waals surface area contributed by atoms with Crippen LogP contribution < -0.4 is 11.2 Å². The third-order valence-electron chi connectivity index (χ3n) is 3.83. The van der Waals surface area contributed by atoms with Gasteiger partial charge >= 0.3 is 6.18 Å². The Hall–Kier alpha value is -2.32. The minimum absolute atomic E-state index is 0.0400. The van der Waals surface area contributed by atoms with Gasteiger partial charge in [-0.3, -0.25) is 5.43 Å². The molecule has 1 aromatic carbocycles. The zero-order chi connectivity index (χ0) is 16.8. The molecular formula is C14H13F5N4. The molecule has 0 aromatic heterocycles. The summed E-state index contributed by atoms with van der Waals surface area (Å²) < 4.78 is 65.2. The SMILES string of the molecule is NC1=C2NN=C(CC(F)(F)F)N2C[C@H](c2cccc(F)c2F)C1. The molecule has 0 radical (unpaired) electrons. The average Bonchev–Trinajstić information content (AvgIpc) is 2.83. The van der Waals surface area contributed by atoms with Crippen LogP contribution in [0, 0.1) is 11.6 Å². The molecule has 0 fully saturated rings. The van der Waals surface area contributed by atoms with Gasteiger partial charge in [0.25, 0.3) is 0 Å². The van der Waals surface area contributed by atoms with Crippen molar-refractivity contribution in [3.05, 3.63) is 46.9 Å². The van der Waals surface area contributed by atoms with Crippen molar-refractivity contribution in [3.63, 3.8) is 0 Å². The van der Waals surface area contributed by atoms with E-state index < -0.39 is 30.1 Å². The van der Waals surface area contributed by atoms with Gasteiger partial charge in [0, 0.05) is 12.5 Å². The lowest BCUT2D eigenvalue weighted by Crippen LogP contribution is -2.40. The quantitative estimate of drug-likeness (QED) is 0.819. The summed E-state index contributed by atoms with van der Waals surface area (Å²) in [5.74, 6) is -2.53. The van der Waals surface area contributed by atoms with Gasteiger partial charge in [-0.05, 0) is 18.1 Å². The number of hydrazone groups is 1. The lowest BCUT2D eigenvalue weighted by atomic mass is 9.90. The average molecular weight is 332 g/mol. The number of amidine groups is 1. The molecule has 0 amide bonds. The fraction of sp³-hybridized carbons (Fsp3) is 0.357. The number of nitrogens with zero attached hydrogens (tertiary/aromatic N) is 2. The number of fused-ring (bicyclic) bond motifs is 1. The van der Waals surface area contributed by atoms with E-state index in [1.807, 2.05) is 0 Å². The molecule has 2 heterocycles. The van der Waals surface area contributed by atoms with E-state index in [0.717, 1.165) is 6.07 Å². The Morgan fingerprint density at radius 2 is 2.04 bits per heavy atom. The summed E-state index contributed by atoms with van der Waals surface area (Å²) >= 11 is 0. The Balaban J connectivity index is 1.89. The second-order valence-corrected chi connectivity index (χ2v) is 5.46. The zero-order valence-electron chi connectivity index (χ0n) is 11.8. The van der Waals surface area contributed by atoms with E-state index in [2.05, 4.69) is 10.5 Å². The Morgan fingerprint density at radius 3 is 2.74 bits per heavy atom. The van der Waals surface area contributed by atoms with E-state index in [1.165, 1.54) is 17.0 Å². The second-order valence-electron chi connectivity index (χ2n) is 5.46. The first-order valence-electron chi connectivity index (χ1n) is 6.85. The van der Waals surface area contributed by atoms with E-state index in [1.54, 1.807) is 0 Å². The van der Waals surface area contributed by atoms with Gasteiger partial charge in [0.2, 0.25) is 0 Å². The van der Waals surface area contributed by atoms with Crippen molar-refractivity contribution < 1.29 is 22.0 Å². The third kappa shape index (κ3) is 2.95. The molecule has 4 nitrogen and oxygen atoms in total. The van der Waals surface area contributed by atoms with E-state index in [4.69, 9.17) is 5.73 Å². The molecule has 0 bridgehead atoms. The Labute approximate surface area is 128 Å². The standard InChI is InChI=1S/C14H13F5N4/c15-9-3-1-2-8(12(9)16)7-4-10(20)13-22-21-11(23(13)6-7)5-14(17,18)19/h1-3,7,22H,4-6,20H2/t7-/m1/s1. The number of nitrogens with one attached hydrogen (secondary N) is 1. The molecule has 124 valence electrons. The van der Waals surface area contributed by atoms with Crippen LogP contribution in [0.4, 0.5) is 22.0 Å². The summed E-state index contributed by atoms with van der Waals surface area (Å²) in [7, 11) is 0. The number of hydrogen-bond acceptors (Lipinski definition) is 4. The molecule has 0 saturated heterocycles. The minimum atomic E-state index is -4.43. The highest BCUT2D eigenvalue weighted by atomic mass is 19.4. The fourth-order valence-corrected chi connectivity index (χ4v) is 2.81. The smallest absolute Gasteiger partial charge is 0.396 e. The lowest BCUT2D eigenvalue weighted by molar-refractivity contribution is -0.122. The van der Waals surface area contributed by atoms with Crippen LogP contribution in [-0.4, -0.2) is 23.5 Å². The van der Waals surface area contributed by atoms with Gasteiger partial charge in [-0.25, -0.2) is 8.78 Å². The maximum atomic E-state index is 13.9. The first-order chi connectivity index (χ1) is 10.8. The molecule has 0 aliphatic carbocycles. The highest BCUT2D eigenvalue weighted by Gasteiger charge is 2.39. The van der Waals surface area contributed by atoms with Crippen LogP contribution in [0.25, 0.3) is 0 Å². The molecule has 0 spiro atoms. The van der Waals surface area contributed by atoms with Crippen LogP contribution >= 0.6 is 0 Å². The molecule has 3 rings (SSSR count). The molecule has 2 aliphatic heterocycles. The third-order valence-corrected chi connectivity index (χ3v) is 3.83. The maximum Gasteiger partial charge on any atom is 0.396 e. The number of alkyl halides is 3. The first kappa shape index (κ1) is 15.6. The van der Waals surface area contributed by atoms with E-state index in [9.17, 15) is 22.0 Å². The molecule has 1 aromatic rings. The fourth-order valence-electron chi connectivity index (χ4n) is 2.81. The number of rotatable bonds is 2. The molecule has 0 unspecified atom stereocenters. The van der Waals surface area contributed by atoms with Crippen molar-refractivity contribution in [1.29, 1.82) is 0 Å². The normalized spacial score (nSPS) is 21.2. The Kier molecular flexibility index (Phi) is 3.65. The zero-order valence-corrected chi connectivity index (χ0v) is 11.8. The largest absolute Gasteiger partial charge is 0.399 e. The topological polar surface area (TPSA) is 53.6 Å². The van der Waals surface area contributed by atoms with Crippen molar-refractivity contribution in [3.8, 4) is 0 Å². The van der Waals surface area contributed by atoms with Crippen molar-refractivity contribution in [2.45, 2.75) is 24.9 Å². The summed E-state index contributed by atoms with van der Waals surface area (Å²) in [5.41, 5.74) is 8.69. The van der Waals surface area contributed by atoms with Crippen LogP contribution in [0.15, 0.2) is 34.8 Å². The van der Waals surface area contributed by atoms with Gasteiger partial charge in [0.15, 0.2) is 11.6 Å². The number of halogens is 5. The van der Waals surface area contributed by atoms with Gasteiger partial charge in [-0.15, -0.1) is 0 Å². The maximum absolute atomic E-state index is 13.9. The van der Waals surface area contributed by atoms with Crippen LogP contribution in [0.2, 0.25) is 0 Å². The minimum Gasteiger partial charge on any atom is -0.399 e. The molecule has 0 saturated carbocycles. The molecule has 23 heavy (non-hydrogen) atoms. The van der Waals surface area contributed by atoms with Crippen molar-refractivity contribution >= 4 is 5.84 Å². The van der Waals surface area contributed by atoms with Crippen LogP contribution in [0.3, 0.4) is 0 Å². The summed E-state index contributed by atoms with van der Waals surface area (Å²) in [4.78, 5) is 1.28. The van der Waals surface area contributed by atoms with Crippen LogP contribution in [-0.2, 0) is 0 Å². The predicted octanol–water partition coefficient (Wildman–Crippen LogP) is 2.75. The second kappa shape index (κ2) is 5.39.